The molecule has 21 heavy (non-hydrogen) atoms. The zero-order valence-corrected chi connectivity index (χ0v) is 13.6. The topological polar surface area (TPSA) is 69.6 Å². The van der Waals surface area contributed by atoms with Gasteiger partial charge in [-0.25, -0.2) is 4.79 Å². The van der Waals surface area contributed by atoms with E-state index in [-0.39, 0.29) is 18.4 Å². The SMILES string of the molecule is CCN(CC1CCC1)C(=O)NCC(CC(=O)O)CC(C)C. The molecule has 0 aromatic carbocycles. The Hall–Kier alpha value is -1.26. The quantitative estimate of drug-likeness (QED) is 0.687. The first-order valence-electron chi connectivity index (χ1n) is 8.16. The Labute approximate surface area is 128 Å². The number of carboxylic acids is 1. The van der Waals surface area contributed by atoms with Crippen LogP contribution in [-0.2, 0) is 4.79 Å². The lowest BCUT2D eigenvalue weighted by Crippen LogP contribution is -2.45. The fourth-order valence-corrected chi connectivity index (χ4v) is 2.84. The number of amides is 2. The van der Waals surface area contributed by atoms with E-state index in [2.05, 4.69) is 19.2 Å². The van der Waals surface area contributed by atoms with Crippen molar-refractivity contribution in [2.24, 2.45) is 17.8 Å². The third-order valence-electron chi connectivity index (χ3n) is 4.18. The zero-order chi connectivity index (χ0) is 15.8. The largest absolute Gasteiger partial charge is 0.481 e. The molecule has 0 saturated heterocycles. The van der Waals surface area contributed by atoms with E-state index >= 15 is 0 Å². The van der Waals surface area contributed by atoms with Gasteiger partial charge in [-0.05, 0) is 43.9 Å². The second kappa shape index (κ2) is 8.90. The number of nitrogens with one attached hydrogen (secondary N) is 1. The first-order valence-corrected chi connectivity index (χ1v) is 8.16. The molecule has 1 saturated carbocycles. The molecule has 0 aliphatic heterocycles. The summed E-state index contributed by atoms with van der Waals surface area (Å²) in [5.41, 5.74) is 0. The molecule has 1 rings (SSSR count). The number of nitrogens with zero attached hydrogens (tertiary/aromatic N) is 1. The Balaban J connectivity index is 2.40. The molecule has 1 atom stereocenters. The average molecular weight is 298 g/mol. The molecule has 1 unspecified atom stereocenters. The molecule has 5 heteroatoms. The van der Waals surface area contributed by atoms with E-state index in [9.17, 15) is 9.59 Å². The maximum absolute atomic E-state index is 12.2. The number of carbonyl (C=O) groups excluding carboxylic acids is 1. The van der Waals surface area contributed by atoms with E-state index in [1.165, 1.54) is 19.3 Å². The van der Waals surface area contributed by atoms with Gasteiger partial charge in [-0.1, -0.05) is 20.3 Å². The van der Waals surface area contributed by atoms with Crippen LogP contribution in [0.25, 0.3) is 0 Å². The highest BCUT2D eigenvalue weighted by atomic mass is 16.4. The summed E-state index contributed by atoms with van der Waals surface area (Å²) in [4.78, 5) is 24.9. The normalized spacial score (nSPS) is 16.4. The third kappa shape index (κ3) is 6.82. The Kier molecular flexibility index (Phi) is 7.54. The van der Waals surface area contributed by atoms with Gasteiger partial charge in [0.1, 0.15) is 0 Å². The van der Waals surface area contributed by atoms with E-state index in [0.29, 0.717) is 24.9 Å². The maximum Gasteiger partial charge on any atom is 0.317 e. The van der Waals surface area contributed by atoms with Crippen LogP contribution in [0.4, 0.5) is 4.79 Å². The standard InChI is InChI=1S/C16H30N2O3/c1-4-18(11-13-6-5-7-13)16(21)17-10-14(8-12(2)3)9-15(19)20/h12-14H,4-11H2,1-3H3,(H,17,21)(H,19,20). The van der Waals surface area contributed by atoms with E-state index in [1.54, 1.807) is 0 Å². The molecular formula is C16H30N2O3. The Morgan fingerprint density at radius 3 is 2.43 bits per heavy atom. The van der Waals surface area contributed by atoms with Gasteiger partial charge in [-0.2, -0.15) is 0 Å². The molecule has 0 aromatic heterocycles. The molecule has 122 valence electrons. The first kappa shape index (κ1) is 17.8. The second-order valence-corrected chi connectivity index (χ2v) is 6.62. The van der Waals surface area contributed by atoms with Gasteiger partial charge in [0.2, 0.25) is 0 Å². The van der Waals surface area contributed by atoms with Crippen LogP contribution in [0, 0.1) is 17.8 Å². The summed E-state index contributed by atoms with van der Waals surface area (Å²) in [5, 5.41) is 11.9. The van der Waals surface area contributed by atoms with Crippen molar-refractivity contribution in [3.05, 3.63) is 0 Å². The summed E-state index contributed by atoms with van der Waals surface area (Å²) in [6.07, 6.45) is 4.66. The number of hydrogen-bond acceptors (Lipinski definition) is 2. The summed E-state index contributed by atoms with van der Waals surface area (Å²) in [7, 11) is 0. The lowest BCUT2D eigenvalue weighted by molar-refractivity contribution is -0.138. The molecule has 1 aliphatic rings. The monoisotopic (exact) mass is 298 g/mol. The molecule has 5 nitrogen and oxygen atoms in total. The number of rotatable bonds is 9. The summed E-state index contributed by atoms with van der Waals surface area (Å²) in [6, 6.07) is -0.0523. The van der Waals surface area contributed by atoms with Gasteiger partial charge < -0.3 is 15.3 Å². The van der Waals surface area contributed by atoms with Gasteiger partial charge in [0, 0.05) is 26.1 Å². The Morgan fingerprint density at radius 2 is 2.00 bits per heavy atom. The van der Waals surface area contributed by atoms with Gasteiger partial charge >= 0.3 is 12.0 Å². The fourth-order valence-electron chi connectivity index (χ4n) is 2.84. The number of urea groups is 1. The van der Waals surface area contributed by atoms with Crippen molar-refractivity contribution in [3.63, 3.8) is 0 Å². The molecule has 0 bridgehead atoms. The van der Waals surface area contributed by atoms with Crippen molar-refractivity contribution in [1.82, 2.24) is 10.2 Å². The molecule has 0 heterocycles. The van der Waals surface area contributed by atoms with Crippen LogP contribution in [0.2, 0.25) is 0 Å². The molecule has 0 radical (unpaired) electrons. The lowest BCUT2D eigenvalue weighted by Gasteiger charge is -2.32. The molecular weight excluding hydrogens is 268 g/mol. The number of aliphatic carboxylic acids is 1. The first-order chi connectivity index (χ1) is 9.92. The van der Waals surface area contributed by atoms with E-state index in [0.717, 1.165) is 13.0 Å². The molecule has 0 aromatic rings. The third-order valence-corrected chi connectivity index (χ3v) is 4.18. The van der Waals surface area contributed by atoms with Crippen molar-refractivity contribution in [2.45, 2.75) is 52.9 Å². The van der Waals surface area contributed by atoms with Crippen LogP contribution < -0.4 is 5.32 Å². The number of carbonyl (C=O) groups is 2. The van der Waals surface area contributed by atoms with Crippen molar-refractivity contribution in [1.29, 1.82) is 0 Å². The summed E-state index contributed by atoms with van der Waals surface area (Å²) in [5.74, 6) is 0.301. The molecule has 2 amide bonds. The minimum Gasteiger partial charge on any atom is -0.481 e. The van der Waals surface area contributed by atoms with Crippen molar-refractivity contribution < 1.29 is 14.7 Å². The predicted octanol–water partition coefficient (Wildman–Crippen LogP) is 2.96. The maximum atomic E-state index is 12.2. The van der Waals surface area contributed by atoms with Crippen LogP contribution in [0.5, 0.6) is 0 Å². The summed E-state index contributed by atoms with van der Waals surface area (Å²) >= 11 is 0. The van der Waals surface area contributed by atoms with E-state index in [1.807, 2.05) is 11.8 Å². The highest BCUT2D eigenvalue weighted by Gasteiger charge is 2.23. The lowest BCUT2D eigenvalue weighted by atomic mass is 9.85. The average Bonchev–Trinajstić information content (AvgIpc) is 2.33. The summed E-state index contributed by atoms with van der Waals surface area (Å²) < 4.78 is 0. The van der Waals surface area contributed by atoms with Crippen LogP contribution >= 0.6 is 0 Å². The minimum atomic E-state index is -0.795. The Bertz CT molecular complexity index is 340. The second-order valence-electron chi connectivity index (χ2n) is 6.62. The molecule has 0 spiro atoms. The number of hydrogen-bond donors (Lipinski definition) is 2. The van der Waals surface area contributed by atoms with Gasteiger partial charge in [0.15, 0.2) is 0 Å². The van der Waals surface area contributed by atoms with Crippen molar-refractivity contribution in [2.75, 3.05) is 19.6 Å². The van der Waals surface area contributed by atoms with Crippen LogP contribution in [0.1, 0.15) is 52.9 Å². The van der Waals surface area contributed by atoms with Crippen LogP contribution in [0.15, 0.2) is 0 Å². The molecule has 1 aliphatic carbocycles. The van der Waals surface area contributed by atoms with Crippen molar-refractivity contribution >= 4 is 12.0 Å². The van der Waals surface area contributed by atoms with Crippen LogP contribution in [0.3, 0.4) is 0 Å². The van der Waals surface area contributed by atoms with Gasteiger partial charge in [0.25, 0.3) is 0 Å². The van der Waals surface area contributed by atoms with Gasteiger partial charge in [-0.15, -0.1) is 0 Å². The molecule has 2 N–H and O–H groups in total. The molecule has 1 fully saturated rings. The highest BCUT2D eigenvalue weighted by molar-refractivity contribution is 5.74. The van der Waals surface area contributed by atoms with Gasteiger partial charge in [0.05, 0.1) is 0 Å². The van der Waals surface area contributed by atoms with E-state index in [4.69, 9.17) is 5.11 Å². The van der Waals surface area contributed by atoms with Crippen LogP contribution in [-0.4, -0.2) is 41.6 Å². The zero-order valence-electron chi connectivity index (χ0n) is 13.6. The highest BCUT2D eigenvalue weighted by Crippen LogP contribution is 2.27. The van der Waals surface area contributed by atoms with Crippen molar-refractivity contribution in [3.8, 4) is 0 Å². The predicted molar refractivity (Wildman–Crippen MR) is 83.2 cm³/mol. The fraction of sp³-hybridized carbons (Fsp3) is 0.875. The smallest absolute Gasteiger partial charge is 0.317 e. The van der Waals surface area contributed by atoms with E-state index < -0.39 is 5.97 Å². The minimum absolute atomic E-state index is 0.00820. The number of carboxylic acid groups (broad SMARTS) is 1. The summed E-state index contributed by atoms with van der Waals surface area (Å²) in [6.45, 7) is 8.12. The Morgan fingerprint density at radius 1 is 1.33 bits per heavy atom. The van der Waals surface area contributed by atoms with Gasteiger partial charge in [-0.3, -0.25) is 4.79 Å².